The van der Waals surface area contributed by atoms with Gasteiger partial charge in [0.25, 0.3) is 0 Å². The van der Waals surface area contributed by atoms with Crippen LogP contribution in [0, 0.1) is 0 Å². The summed E-state index contributed by atoms with van der Waals surface area (Å²) in [7, 11) is 1.91. The van der Waals surface area contributed by atoms with Gasteiger partial charge in [-0.05, 0) is 20.4 Å². The fourth-order valence-corrected chi connectivity index (χ4v) is 1.39. The Morgan fingerprint density at radius 2 is 2.00 bits per heavy atom. The maximum atomic E-state index is 5.49. The fraction of sp³-hybridized carbons (Fsp3) is 0.778. The van der Waals surface area contributed by atoms with E-state index in [2.05, 4.69) is 28.8 Å². The summed E-state index contributed by atoms with van der Waals surface area (Å²) in [5.74, 6) is 1.76. The van der Waals surface area contributed by atoms with Crippen molar-refractivity contribution in [3.63, 3.8) is 0 Å². The van der Waals surface area contributed by atoms with Gasteiger partial charge in [-0.25, -0.2) is 0 Å². The molecule has 0 aliphatic carbocycles. The van der Waals surface area contributed by atoms with E-state index < -0.39 is 0 Å². The lowest BCUT2D eigenvalue weighted by Gasteiger charge is -2.15. The van der Waals surface area contributed by atoms with E-state index in [0.29, 0.717) is 6.54 Å². The quantitative estimate of drug-likeness (QED) is 0.730. The van der Waals surface area contributed by atoms with Crippen molar-refractivity contribution in [3.8, 4) is 0 Å². The first-order chi connectivity index (χ1) is 6.72. The molecule has 0 saturated heterocycles. The van der Waals surface area contributed by atoms with E-state index in [4.69, 9.17) is 5.73 Å². The highest BCUT2D eigenvalue weighted by Gasteiger charge is 2.10. The van der Waals surface area contributed by atoms with E-state index in [-0.39, 0.29) is 0 Å². The molecule has 0 aliphatic heterocycles. The minimum atomic E-state index is 0.615. The molecule has 14 heavy (non-hydrogen) atoms. The summed E-state index contributed by atoms with van der Waals surface area (Å²) in [5.41, 5.74) is 5.49. The van der Waals surface area contributed by atoms with Crippen LogP contribution < -0.4 is 10.6 Å². The van der Waals surface area contributed by atoms with Gasteiger partial charge in [-0.2, -0.15) is 4.98 Å². The lowest BCUT2D eigenvalue weighted by Crippen LogP contribution is -2.23. The number of aromatic nitrogens is 3. The van der Waals surface area contributed by atoms with Crippen molar-refractivity contribution in [1.82, 2.24) is 14.8 Å². The van der Waals surface area contributed by atoms with Crippen LogP contribution in [-0.4, -0.2) is 34.4 Å². The molecule has 0 unspecified atom stereocenters. The molecule has 0 atom stereocenters. The van der Waals surface area contributed by atoms with Crippen LogP contribution in [0.2, 0.25) is 0 Å². The zero-order valence-electron chi connectivity index (χ0n) is 9.19. The third-order valence-electron chi connectivity index (χ3n) is 2.26. The van der Waals surface area contributed by atoms with Crippen LogP contribution >= 0.6 is 0 Å². The third kappa shape index (κ3) is 2.23. The van der Waals surface area contributed by atoms with E-state index in [0.717, 1.165) is 31.3 Å². The maximum Gasteiger partial charge on any atom is 0.244 e. The Kier molecular flexibility index (Phi) is 3.88. The highest BCUT2D eigenvalue weighted by molar-refractivity contribution is 5.28. The molecule has 80 valence electrons. The summed E-state index contributed by atoms with van der Waals surface area (Å²) < 4.78 is 1.81. The first kappa shape index (κ1) is 11.0. The van der Waals surface area contributed by atoms with E-state index in [1.54, 1.807) is 4.68 Å². The van der Waals surface area contributed by atoms with Crippen molar-refractivity contribution < 1.29 is 0 Å². The van der Waals surface area contributed by atoms with Gasteiger partial charge in [0.1, 0.15) is 5.82 Å². The second kappa shape index (κ2) is 4.95. The molecule has 5 heteroatoms. The Morgan fingerprint density at radius 3 is 2.50 bits per heavy atom. The van der Waals surface area contributed by atoms with E-state index >= 15 is 0 Å². The SMILES string of the molecule is CCN(CC)c1nc(CCN)n(C)n1. The Labute approximate surface area is 84.9 Å². The number of aryl methyl sites for hydroxylation is 1. The van der Waals surface area contributed by atoms with Gasteiger partial charge in [-0.15, -0.1) is 5.10 Å². The number of hydrogen-bond donors (Lipinski definition) is 1. The minimum absolute atomic E-state index is 0.615. The number of nitrogens with zero attached hydrogens (tertiary/aromatic N) is 4. The van der Waals surface area contributed by atoms with Gasteiger partial charge in [-0.1, -0.05) is 0 Å². The Balaban J connectivity index is 2.83. The fourth-order valence-electron chi connectivity index (χ4n) is 1.39. The van der Waals surface area contributed by atoms with E-state index in [1.807, 2.05) is 7.05 Å². The van der Waals surface area contributed by atoms with Crippen LogP contribution in [0.4, 0.5) is 5.95 Å². The molecule has 2 N–H and O–H groups in total. The monoisotopic (exact) mass is 197 g/mol. The molecule has 0 bridgehead atoms. The maximum absolute atomic E-state index is 5.49. The van der Waals surface area contributed by atoms with Gasteiger partial charge >= 0.3 is 0 Å². The Bertz CT molecular complexity index is 277. The first-order valence-corrected chi connectivity index (χ1v) is 5.07. The zero-order valence-corrected chi connectivity index (χ0v) is 9.19. The predicted octanol–water partition coefficient (Wildman–Crippen LogP) is 0.162. The number of anilines is 1. The van der Waals surface area contributed by atoms with Gasteiger partial charge in [0.15, 0.2) is 0 Å². The summed E-state index contributed by atoms with van der Waals surface area (Å²) in [6, 6.07) is 0. The number of rotatable bonds is 5. The van der Waals surface area contributed by atoms with Crippen LogP contribution in [0.25, 0.3) is 0 Å². The number of nitrogens with two attached hydrogens (primary N) is 1. The minimum Gasteiger partial charge on any atom is -0.340 e. The summed E-state index contributed by atoms with van der Waals surface area (Å²) in [6.45, 7) is 6.68. The van der Waals surface area contributed by atoms with Crippen LogP contribution in [0.3, 0.4) is 0 Å². The average Bonchev–Trinajstić information content (AvgIpc) is 2.51. The van der Waals surface area contributed by atoms with Crippen LogP contribution in [0.15, 0.2) is 0 Å². The molecule has 5 nitrogen and oxygen atoms in total. The second-order valence-electron chi connectivity index (χ2n) is 3.16. The van der Waals surface area contributed by atoms with E-state index in [1.165, 1.54) is 0 Å². The average molecular weight is 197 g/mol. The molecule has 1 aromatic heterocycles. The van der Waals surface area contributed by atoms with E-state index in [9.17, 15) is 0 Å². The van der Waals surface area contributed by atoms with Crippen LogP contribution in [0.1, 0.15) is 19.7 Å². The predicted molar refractivity (Wildman–Crippen MR) is 57.3 cm³/mol. The molecule has 1 rings (SSSR count). The lowest BCUT2D eigenvalue weighted by atomic mass is 10.4. The summed E-state index contributed by atoms with van der Waals surface area (Å²) in [4.78, 5) is 6.56. The third-order valence-corrected chi connectivity index (χ3v) is 2.26. The summed E-state index contributed by atoms with van der Waals surface area (Å²) >= 11 is 0. The highest BCUT2D eigenvalue weighted by atomic mass is 15.4. The highest BCUT2D eigenvalue weighted by Crippen LogP contribution is 2.08. The van der Waals surface area contributed by atoms with Crippen molar-refractivity contribution in [2.75, 3.05) is 24.5 Å². The van der Waals surface area contributed by atoms with Crippen molar-refractivity contribution in [2.24, 2.45) is 12.8 Å². The lowest BCUT2D eigenvalue weighted by molar-refractivity contribution is 0.692. The van der Waals surface area contributed by atoms with Crippen molar-refractivity contribution in [1.29, 1.82) is 0 Å². The molecule has 0 radical (unpaired) electrons. The molecule has 1 aromatic rings. The normalized spacial score (nSPS) is 10.6. The van der Waals surface area contributed by atoms with Crippen molar-refractivity contribution in [2.45, 2.75) is 20.3 Å². The van der Waals surface area contributed by atoms with Crippen molar-refractivity contribution in [3.05, 3.63) is 5.82 Å². The molecule has 0 spiro atoms. The molecule has 0 fully saturated rings. The molecule has 1 heterocycles. The topological polar surface area (TPSA) is 60.0 Å². The summed E-state index contributed by atoms with van der Waals surface area (Å²) in [6.07, 6.45) is 0.783. The van der Waals surface area contributed by atoms with Crippen LogP contribution in [0.5, 0.6) is 0 Å². The van der Waals surface area contributed by atoms with Gasteiger partial charge in [0.05, 0.1) is 0 Å². The smallest absolute Gasteiger partial charge is 0.244 e. The largest absolute Gasteiger partial charge is 0.340 e. The molecule has 0 amide bonds. The van der Waals surface area contributed by atoms with Crippen LogP contribution in [-0.2, 0) is 13.5 Å². The molecule has 0 aliphatic rings. The standard InChI is InChI=1S/C9H19N5/c1-4-14(5-2)9-11-8(6-7-10)13(3)12-9/h4-7,10H2,1-3H3. The second-order valence-corrected chi connectivity index (χ2v) is 3.16. The Morgan fingerprint density at radius 1 is 1.36 bits per heavy atom. The van der Waals surface area contributed by atoms with Gasteiger partial charge in [0, 0.05) is 26.6 Å². The molecular weight excluding hydrogens is 178 g/mol. The zero-order chi connectivity index (χ0) is 10.6. The van der Waals surface area contributed by atoms with Crippen molar-refractivity contribution >= 4 is 5.95 Å². The summed E-state index contributed by atoms with van der Waals surface area (Å²) in [5, 5.41) is 4.35. The van der Waals surface area contributed by atoms with Gasteiger partial charge < -0.3 is 10.6 Å². The Hall–Kier alpha value is -1.10. The molecular formula is C9H19N5. The van der Waals surface area contributed by atoms with Gasteiger partial charge in [-0.3, -0.25) is 4.68 Å². The molecule has 0 aromatic carbocycles. The van der Waals surface area contributed by atoms with Gasteiger partial charge in [0.2, 0.25) is 5.95 Å². The number of hydrogen-bond acceptors (Lipinski definition) is 4. The molecule has 0 saturated carbocycles. The first-order valence-electron chi connectivity index (χ1n) is 5.07.